The number of halogens is 2. The lowest BCUT2D eigenvalue weighted by atomic mass is 10.2. The number of nitrogens with zero attached hydrogens (tertiary/aromatic N) is 1. The van der Waals surface area contributed by atoms with Crippen molar-refractivity contribution in [3.63, 3.8) is 0 Å². The fourth-order valence-corrected chi connectivity index (χ4v) is 2.54. The van der Waals surface area contributed by atoms with E-state index in [0.717, 1.165) is 0 Å². The molecule has 0 spiro atoms. The van der Waals surface area contributed by atoms with Gasteiger partial charge in [-0.15, -0.1) is 0 Å². The number of benzene rings is 2. The summed E-state index contributed by atoms with van der Waals surface area (Å²) in [4.78, 5) is 16.4. The molecule has 0 saturated heterocycles. The van der Waals surface area contributed by atoms with Crippen LogP contribution in [0.2, 0.25) is 0 Å². The van der Waals surface area contributed by atoms with Gasteiger partial charge in [0.2, 0.25) is 0 Å². The van der Waals surface area contributed by atoms with Gasteiger partial charge >= 0.3 is 6.61 Å². The molecule has 0 heterocycles. The molecule has 0 aromatic heterocycles. The first-order chi connectivity index (χ1) is 14.1. The first-order valence-corrected chi connectivity index (χ1v) is 9.48. The monoisotopic (exact) mass is 404 g/mol. The molecule has 156 valence electrons. The second-order valence-corrected chi connectivity index (χ2v) is 6.08. The molecule has 0 unspecified atom stereocenters. The van der Waals surface area contributed by atoms with Crippen molar-refractivity contribution in [2.24, 2.45) is 4.99 Å². The van der Waals surface area contributed by atoms with Gasteiger partial charge in [-0.1, -0.05) is 36.4 Å². The highest BCUT2D eigenvalue weighted by atomic mass is 19.3. The molecule has 0 aliphatic heterocycles. The molecule has 0 bridgehead atoms. The lowest BCUT2D eigenvalue weighted by Crippen LogP contribution is -2.38. The van der Waals surface area contributed by atoms with Gasteiger partial charge in [0.25, 0.3) is 5.91 Å². The number of alkyl halides is 2. The average Bonchev–Trinajstić information content (AvgIpc) is 2.72. The van der Waals surface area contributed by atoms with E-state index in [-0.39, 0.29) is 18.2 Å². The molecular formula is C21H26F2N4O2. The summed E-state index contributed by atoms with van der Waals surface area (Å²) in [7, 11) is 0. The maximum absolute atomic E-state index is 12.5. The summed E-state index contributed by atoms with van der Waals surface area (Å²) in [6.07, 6.45) is 0.702. The van der Waals surface area contributed by atoms with Gasteiger partial charge in [0, 0.05) is 30.8 Å². The third-order valence-corrected chi connectivity index (χ3v) is 3.91. The number of hydrogen-bond donors (Lipinski definition) is 3. The number of para-hydroxylation sites is 1. The van der Waals surface area contributed by atoms with E-state index in [1.54, 1.807) is 30.3 Å². The van der Waals surface area contributed by atoms with Gasteiger partial charge in [0.05, 0.1) is 6.54 Å². The van der Waals surface area contributed by atoms with Crippen LogP contribution in [0.25, 0.3) is 0 Å². The third-order valence-electron chi connectivity index (χ3n) is 3.91. The maximum Gasteiger partial charge on any atom is 0.387 e. The summed E-state index contributed by atoms with van der Waals surface area (Å²) in [6.45, 7) is 1.03. The van der Waals surface area contributed by atoms with Crippen LogP contribution in [-0.4, -0.2) is 38.1 Å². The van der Waals surface area contributed by atoms with Gasteiger partial charge in [0.15, 0.2) is 5.96 Å². The minimum absolute atomic E-state index is 0.109. The molecule has 8 heteroatoms. The molecule has 2 aromatic carbocycles. The predicted octanol–water partition coefficient (Wildman–Crippen LogP) is 3.16. The van der Waals surface area contributed by atoms with Crippen LogP contribution in [0.3, 0.4) is 0 Å². The second-order valence-electron chi connectivity index (χ2n) is 6.08. The molecule has 0 aliphatic rings. The molecule has 0 fully saturated rings. The molecule has 1 amide bonds. The minimum Gasteiger partial charge on any atom is -0.434 e. The Morgan fingerprint density at radius 3 is 2.41 bits per heavy atom. The summed E-state index contributed by atoms with van der Waals surface area (Å²) in [5.41, 5.74) is 1.19. The SMILES string of the molecule is CCNC(=NCc1ccccc1OC(F)F)NCCCNC(=O)c1ccccc1. The number of aliphatic imine (C=N–C) groups is 1. The third kappa shape index (κ3) is 8.16. The van der Waals surface area contributed by atoms with Crippen LogP contribution in [0.1, 0.15) is 29.3 Å². The van der Waals surface area contributed by atoms with Crippen molar-refractivity contribution in [3.05, 3.63) is 65.7 Å². The van der Waals surface area contributed by atoms with E-state index in [2.05, 4.69) is 25.7 Å². The van der Waals surface area contributed by atoms with Crippen molar-refractivity contribution in [2.75, 3.05) is 19.6 Å². The van der Waals surface area contributed by atoms with Crippen LogP contribution in [0.5, 0.6) is 5.75 Å². The Morgan fingerprint density at radius 1 is 1.00 bits per heavy atom. The number of guanidine groups is 1. The average molecular weight is 404 g/mol. The summed E-state index contributed by atoms with van der Waals surface area (Å²) >= 11 is 0. The van der Waals surface area contributed by atoms with E-state index in [9.17, 15) is 13.6 Å². The van der Waals surface area contributed by atoms with Crippen LogP contribution in [0.15, 0.2) is 59.6 Å². The molecule has 0 saturated carbocycles. The zero-order valence-electron chi connectivity index (χ0n) is 16.3. The van der Waals surface area contributed by atoms with Crippen molar-refractivity contribution >= 4 is 11.9 Å². The number of carbonyl (C=O) groups is 1. The molecule has 0 aliphatic carbocycles. The first-order valence-electron chi connectivity index (χ1n) is 9.48. The van der Waals surface area contributed by atoms with Gasteiger partial charge in [-0.25, -0.2) is 4.99 Å². The topological polar surface area (TPSA) is 74.8 Å². The Bertz CT molecular complexity index is 785. The van der Waals surface area contributed by atoms with Crippen molar-refractivity contribution in [1.29, 1.82) is 0 Å². The summed E-state index contributed by atoms with van der Waals surface area (Å²) < 4.78 is 29.5. The maximum atomic E-state index is 12.5. The van der Waals surface area contributed by atoms with Gasteiger partial charge in [-0.3, -0.25) is 4.79 Å². The van der Waals surface area contributed by atoms with Crippen LogP contribution in [0.4, 0.5) is 8.78 Å². The molecule has 2 aromatic rings. The molecule has 2 rings (SSSR count). The molecule has 29 heavy (non-hydrogen) atoms. The first kappa shape index (κ1) is 22.1. The smallest absolute Gasteiger partial charge is 0.387 e. The number of ether oxygens (including phenoxy) is 1. The Balaban J connectivity index is 1.80. The van der Waals surface area contributed by atoms with Crippen molar-refractivity contribution in [2.45, 2.75) is 26.5 Å². The van der Waals surface area contributed by atoms with Gasteiger partial charge in [-0.05, 0) is 31.5 Å². The largest absolute Gasteiger partial charge is 0.434 e. The summed E-state index contributed by atoms with van der Waals surface area (Å²) in [5, 5.41) is 9.13. The van der Waals surface area contributed by atoms with Crippen LogP contribution < -0.4 is 20.7 Å². The quantitative estimate of drug-likeness (QED) is 0.323. The highest BCUT2D eigenvalue weighted by molar-refractivity contribution is 5.94. The Hall–Kier alpha value is -3.16. The van der Waals surface area contributed by atoms with E-state index < -0.39 is 6.61 Å². The zero-order chi connectivity index (χ0) is 20.9. The number of hydrogen-bond acceptors (Lipinski definition) is 3. The molecule has 0 radical (unpaired) electrons. The van der Waals surface area contributed by atoms with E-state index in [4.69, 9.17) is 0 Å². The van der Waals surface area contributed by atoms with E-state index in [1.807, 2.05) is 25.1 Å². The number of amides is 1. The van der Waals surface area contributed by atoms with E-state index >= 15 is 0 Å². The van der Waals surface area contributed by atoms with Crippen LogP contribution >= 0.6 is 0 Å². The number of carbonyl (C=O) groups excluding carboxylic acids is 1. The minimum atomic E-state index is -2.88. The van der Waals surface area contributed by atoms with Crippen molar-refractivity contribution in [3.8, 4) is 5.75 Å². The van der Waals surface area contributed by atoms with E-state index in [1.165, 1.54) is 6.07 Å². The zero-order valence-corrected chi connectivity index (χ0v) is 16.3. The Morgan fingerprint density at radius 2 is 1.69 bits per heavy atom. The Labute approximate surface area is 169 Å². The highest BCUT2D eigenvalue weighted by Crippen LogP contribution is 2.20. The molecular weight excluding hydrogens is 378 g/mol. The van der Waals surface area contributed by atoms with Gasteiger partial charge < -0.3 is 20.7 Å². The molecule has 0 atom stereocenters. The Kier molecular flexibility index (Phi) is 9.41. The number of rotatable bonds is 10. The van der Waals surface area contributed by atoms with Crippen LogP contribution in [0, 0.1) is 0 Å². The van der Waals surface area contributed by atoms with Gasteiger partial charge in [0.1, 0.15) is 5.75 Å². The highest BCUT2D eigenvalue weighted by Gasteiger charge is 2.09. The normalized spacial score (nSPS) is 11.2. The lowest BCUT2D eigenvalue weighted by Gasteiger charge is -2.13. The summed E-state index contributed by atoms with van der Waals surface area (Å²) in [5.74, 6) is 0.571. The van der Waals surface area contributed by atoms with Crippen molar-refractivity contribution < 1.29 is 18.3 Å². The lowest BCUT2D eigenvalue weighted by molar-refractivity contribution is -0.0504. The fourth-order valence-electron chi connectivity index (χ4n) is 2.54. The van der Waals surface area contributed by atoms with Gasteiger partial charge in [-0.2, -0.15) is 8.78 Å². The molecule has 6 nitrogen and oxygen atoms in total. The van der Waals surface area contributed by atoms with E-state index in [0.29, 0.717) is 43.1 Å². The number of nitrogens with one attached hydrogen (secondary N) is 3. The summed E-state index contributed by atoms with van der Waals surface area (Å²) in [6, 6.07) is 15.6. The fraction of sp³-hybridized carbons (Fsp3) is 0.333. The van der Waals surface area contributed by atoms with Crippen molar-refractivity contribution in [1.82, 2.24) is 16.0 Å². The molecule has 3 N–H and O–H groups in total. The van der Waals surface area contributed by atoms with Crippen LogP contribution in [-0.2, 0) is 6.54 Å². The standard InChI is InChI=1S/C21H26F2N4O2/c1-2-24-21(27-15-17-11-6-7-12-18(17)29-20(22)23)26-14-8-13-25-19(28)16-9-4-3-5-10-16/h3-7,9-12,20H,2,8,13-15H2,1H3,(H,25,28)(H2,24,26,27). The predicted molar refractivity (Wildman–Crippen MR) is 109 cm³/mol. The second kappa shape index (κ2) is 12.3.